The van der Waals surface area contributed by atoms with Gasteiger partial charge in [0.05, 0.1) is 11.8 Å². The fourth-order valence-electron chi connectivity index (χ4n) is 3.40. The Labute approximate surface area is 128 Å². The standard InChI is InChI=1S/C15H22N2O3S/c1-15(2)10(7-11(15)20-3)16-14-17-12-8(13(18)19)5-4-6-9(12)21-14/h8,10-11H,4-7H2,1-3H3,(H,16,17)(H,18,19). The van der Waals surface area contributed by atoms with Gasteiger partial charge in [-0.3, -0.25) is 4.79 Å². The molecule has 1 saturated carbocycles. The summed E-state index contributed by atoms with van der Waals surface area (Å²) in [5.41, 5.74) is 0.856. The highest BCUT2D eigenvalue weighted by Gasteiger charge is 2.49. The summed E-state index contributed by atoms with van der Waals surface area (Å²) in [5, 5.41) is 13.7. The molecule has 0 radical (unpaired) electrons. The Balaban J connectivity index is 1.75. The number of carbonyl (C=O) groups is 1. The van der Waals surface area contributed by atoms with Crippen LogP contribution in [-0.4, -0.2) is 35.3 Å². The summed E-state index contributed by atoms with van der Waals surface area (Å²) >= 11 is 1.62. The van der Waals surface area contributed by atoms with Crippen LogP contribution in [0.3, 0.4) is 0 Å². The molecular formula is C15H22N2O3S. The molecule has 0 spiro atoms. The number of anilines is 1. The largest absolute Gasteiger partial charge is 0.481 e. The van der Waals surface area contributed by atoms with Crippen molar-refractivity contribution in [2.45, 2.75) is 57.6 Å². The first-order valence-electron chi connectivity index (χ1n) is 7.45. The molecule has 2 aliphatic carbocycles. The Hall–Kier alpha value is -1.14. The summed E-state index contributed by atoms with van der Waals surface area (Å²) in [4.78, 5) is 17.0. The van der Waals surface area contributed by atoms with Crippen molar-refractivity contribution >= 4 is 22.4 Å². The van der Waals surface area contributed by atoms with Crippen LogP contribution in [0.25, 0.3) is 0 Å². The van der Waals surface area contributed by atoms with Crippen LogP contribution in [0.4, 0.5) is 5.13 Å². The average molecular weight is 310 g/mol. The molecule has 2 N–H and O–H groups in total. The first-order chi connectivity index (χ1) is 9.93. The number of ether oxygens (including phenoxy) is 1. The molecule has 0 saturated heterocycles. The number of rotatable bonds is 4. The van der Waals surface area contributed by atoms with Crippen LogP contribution in [0.15, 0.2) is 0 Å². The van der Waals surface area contributed by atoms with Crippen LogP contribution < -0.4 is 5.32 Å². The zero-order chi connectivity index (χ0) is 15.2. The highest BCUT2D eigenvalue weighted by Crippen LogP contribution is 2.45. The molecule has 1 heterocycles. The average Bonchev–Trinajstić information content (AvgIpc) is 2.85. The van der Waals surface area contributed by atoms with Gasteiger partial charge in [-0.25, -0.2) is 4.98 Å². The van der Waals surface area contributed by atoms with Crippen molar-refractivity contribution in [2.24, 2.45) is 5.41 Å². The van der Waals surface area contributed by atoms with Crippen LogP contribution in [0.5, 0.6) is 0 Å². The lowest BCUT2D eigenvalue weighted by molar-refractivity contribution is -0.139. The van der Waals surface area contributed by atoms with Gasteiger partial charge in [-0.15, -0.1) is 11.3 Å². The van der Waals surface area contributed by atoms with E-state index in [1.807, 2.05) is 0 Å². The zero-order valence-electron chi connectivity index (χ0n) is 12.7. The molecule has 5 nitrogen and oxygen atoms in total. The number of fused-ring (bicyclic) bond motifs is 1. The maximum atomic E-state index is 11.3. The van der Waals surface area contributed by atoms with Gasteiger partial charge in [0, 0.05) is 23.4 Å². The molecule has 3 unspecified atom stereocenters. The molecule has 2 aliphatic rings. The van der Waals surface area contributed by atoms with Gasteiger partial charge in [0.2, 0.25) is 0 Å². The predicted molar refractivity (Wildman–Crippen MR) is 82.0 cm³/mol. The van der Waals surface area contributed by atoms with E-state index in [0.29, 0.717) is 12.5 Å². The molecule has 1 aromatic heterocycles. The Bertz CT molecular complexity index is 555. The third-order valence-electron chi connectivity index (χ3n) is 5.01. The number of carboxylic acids is 1. The normalized spacial score (nSPS) is 30.3. The van der Waals surface area contributed by atoms with Gasteiger partial charge in [-0.1, -0.05) is 13.8 Å². The maximum absolute atomic E-state index is 11.3. The van der Waals surface area contributed by atoms with Gasteiger partial charge in [0.15, 0.2) is 5.13 Å². The smallest absolute Gasteiger partial charge is 0.312 e. The third kappa shape index (κ3) is 2.44. The molecule has 1 aromatic rings. The number of aliphatic carboxylic acids is 1. The van der Waals surface area contributed by atoms with E-state index in [1.165, 1.54) is 0 Å². The lowest BCUT2D eigenvalue weighted by atomic mass is 9.64. The molecular weight excluding hydrogens is 288 g/mol. The molecule has 0 amide bonds. The lowest BCUT2D eigenvalue weighted by Gasteiger charge is -2.51. The second-order valence-corrected chi connectivity index (χ2v) is 7.67. The summed E-state index contributed by atoms with van der Waals surface area (Å²) in [6, 6.07) is 0.332. The number of hydrogen-bond donors (Lipinski definition) is 2. The molecule has 0 aromatic carbocycles. The third-order valence-corrected chi connectivity index (χ3v) is 6.07. The molecule has 0 aliphatic heterocycles. The van der Waals surface area contributed by atoms with Gasteiger partial charge in [0.1, 0.15) is 5.92 Å². The van der Waals surface area contributed by atoms with Crippen molar-refractivity contribution < 1.29 is 14.6 Å². The van der Waals surface area contributed by atoms with Crippen LogP contribution in [-0.2, 0) is 16.0 Å². The molecule has 1 fully saturated rings. The minimum atomic E-state index is -0.753. The first-order valence-corrected chi connectivity index (χ1v) is 8.27. The second-order valence-electron chi connectivity index (χ2n) is 6.59. The Morgan fingerprint density at radius 2 is 2.29 bits per heavy atom. The van der Waals surface area contributed by atoms with E-state index in [9.17, 15) is 9.90 Å². The van der Waals surface area contributed by atoms with Crippen LogP contribution in [0, 0.1) is 5.41 Å². The maximum Gasteiger partial charge on any atom is 0.312 e. The summed E-state index contributed by atoms with van der Waals surface area (Å²) in [5.74, 6) is -1.18. The number of carboxylic acid groups (broad SMARTS) is 1. The van der Waals surface area contributed by atoms with E-state index in [0.717, 1.165) is 35.0 Å². The van der Waals surface area contributed by atoms with Crippen LogP contribution in [0.1, 0.15) is 49.6 Å². The molecule has 21 heavy (non-hydrogen) atoms. The fourth-order valence-corrected chi connectivity index (χ4v) is 4.52. The van der Waals surface area contributed by atoms with Gasteiger partial charge >= 0.3 is 5.97 Å². The second kappa shape index (κ2) is 5.25. The van der Waals surface area contributed by atoms with Gasteiger partial charge in [-0.05, 0) is 25.7 Å². The van der Waals surface area contributed by atoms with Gasteiger partial charge < -0.3 is 15.2 Å². The lowest BCUT2D eigenvalue weighted by Crippen LogP contribution is -2.57. The van der Waals surface area contributed by atoms with E-state index < -0.39 is 11.9 Å². The van der Waals surface area contributed by atoms with E-state index in [1.54, 1.807) is 18.4 Å². The summed E-state index contributed by atoms with van der Waals surface area (Å²) in [6.45, 7) is 4.38. The summed E-state index contributed by atoms with van der Waals surface area (Å²) < 4.78 is 5.46. The predicted octanol–water partition coefficient (Wildman–Crippen LogP) is 2.87. The number of nitrogens with one attached hydrogen (secondary N) is 1. The summed E-state index contributed by atoms with van der Waals surface area (Å²) in [7, 11) is 1.75. The molecule has 0 bridgehead atoms. The monoisotopic (exact) mass is 310 g/mol. The van der Waals surface area contributed by atoms with E-state index in [-0.39, 0.29) is 11.5 Å². The molecule has 3 atom stereocenters. The van der Waals surface area contributed by atoms with E-state index in [2.05, 4.69) is 24.1 Å². The highest BCUT2D eigenvalue weighted by molar-refractivity contribution is 7.15. The number of aromatic nitrogens is 1. The van der Waals surface area contributed by atoms with E-state index >= 15 is 0 Å². The van der Waals surface area contributed by atoms with Crippen molar-refractivity contribution in [2.75, 3.05) is 12.4 Å². The van der Waals surface area contributed by atoms with Gasteiger partial charge in [-0.2, -0.15) is 0 Å². The number of nitrogens with zero attached hydrogens (tertiary/aromatic N) is 1. The number of hydrogen-bond acceptors (Lipinski definition) is 5. The zero-order valence-corrected chi connectivity index (χ0v) is 13.5. The first kappa shape index (κ1) is 14.8. The van der Waals surface area contributed by atoms with E-state index in [4.69, 9.17) is 4.74 Å². The van der Waals surface area contributed by atoms with Crippen molar-refractivity contribution in [3.05, 3.63) is 10.6 Å². The topological polar surface area (TPSA) is 71.5 Å². The Morgan fingerprint density at radius 1 is 1.52 bits per heavy atom. The van der Waals surface area contributed by atoms with Crippen LogP contribution >= 0.6 is 11.3 Å². The number of methoxy groups -OCH3 is 1. The quantitative estimate of drug-likeness (QED) is 0.895. The van der Waals surface area contributed by atoms with Crippen LogP contribution in [0.2, 0.25) is 0 Å². The molecule has 116 valence electrons. The number of aryl methyl sites for hydroxylation is 1. The van der Waals surface area contributed by atoms with Gasteiger partial charge in [0.25, 0.3) is 0 Å². The van der Waals surface area contributed by atoms with Crippen molar-refractivity contribution in [3.63, 3.8) is 0 Å². The highest BCUT2D eigenvalue weighted by atomic mass is 32.1. The minimum absolute atomic E-state index is 0.0765. The SMILES string of the molecule is COC1CC(Nc2nc3c(s2)CCCC3C(=O)O)C1(C)C. The molecule has 3 rings (SSSR count). The minimum Gasteiger partial charge on any atom is -0.481 e. The Kier molecular flexibility index (Phi) is 3.69. The number of thiazole rings is 1. The van der Waals surface area contributed by atoms with Crippen molar-refractivity contribution in [1.29, 1.82) is 0 Å². The Morgan fingerprint density at radius 3 is 2.90 bits per heavy atom. The fraction of sp³-hybridized carbons (Fsp3) is 0.733. The molecule has 6 heteroatoms. The summed E-state index contributed by atoms with van der Waals surface area (Å²) in [6.07, 6.45) is 3.83. The van der Waals surface area contributed by atoms with Crippen molar-refractivity contribution in [1.82, 2.24) is 4.98 Å². The van der Waals surface area contributed by atoms with Crippen molar-refractivity contribution in [3.8, 4) is 0 Å².